The van der Waals surface area contributed by atoms with Crippen LogP contribution < -0.4 is 10.9 Å². The molecule has 0 aliphatic heterocycles. The van der Waals surface area contributed by atoms with Gasteiger partial charge in [0.1, 0.15) is 5.82 Å². The van der Waals surface area contributed by atoms with E-state index in [0.717, 1.165) is 9.75 Å². The van der Waals surface area contributed by atoms with Crippen LogP contribution in [0.15, 0.2) is 41.2 Å². The summed E-state index contributed by atoms with van der Waals surface area (Å²) in [5.74, 6) is 0.188. The molecule has 2 aromatic heterocycles. The Morgan fingerprint density at radius 2 is 1.89 bits per heavy atom. The van der Waals surface area contributed by atoms with E-state index in [4.69, 9.17) is 0 Å². The second-order valence-corrected chi connectivity index (χ2v) is 8.07. The van der Waals surface area contributed by atoms with Gasteiger partial charge in [0, 0.05) is 51.2 Å². The topological polar surface area (TPSA) is 91.9 Å². The Labute approximate surface area is 166 Å². The van der Waals surface area contributed by atoms with Gasteiger partial charge in [-0.05, 0) is 39.0 Å². The molecule has 0 saturated carbocycles. The van der Waals surface area contributed by atoms with Gasteiger partial charge in [0.25, 0.3) is 5.56 Å². The lowest BCUT2D eigenvalue weighted by Gasteiger charge is -2.08. The third kappa shape index (κ3) is 4.80. The molecule has 1 amide bonds. The number of ketones is 1. The van der Waals surface area contributed by atoms with Crippen LogP contribution in [0, 0.1) is 20.8 Å². The first-order valence-electron chi connectivity index (χ1n) is 8.90. The van der Waals surface area contributed by atoms with Gasteiger partial charge in [-0.15, -0.1) is 11.3 Å². The van der Waals surface area contributed by atoms with Gasteiger partial charge in [-0.1, -0.05) is 12.1 Å². The first kappa shape index (κ1) is 19.7. The maximum Gasteiger partial charge on any atom is 0.251 e. The fraction of sp³-hybridized carbons (Fsp3) is 0.238. The molecular formula is C21H21N3O3S. The molecule has 3 aromatic rings. The van der Waals surface area contributed by atoms with E-state index in [1.807, 2.05) is 19.9 Å². The van der Waals surface area contributed by atoms with E-state index in [1.165, 1.54) is 6.07 Å². The molecule has 6 nitrogen and oxygen atoms in total. The second kappa shape index (κ2) is 8.31. The highest BCUT2D eigenvalue weighted by atomic mass is 32.1. The van der Waals surface area contributed by atoms with Crippen LogP contribution in [0.1, 0.15) is 38.6 Å². The maximum atomic E-state index is 12.3. The van der Waals surface area contributed by atoms with E-state index in [-0.39, 0.29) is 30.1 Å². The van der Waals surface area contributed by atoms with Gasteiger partial charge in [-0.3, -0.25) is 14.4 Å². The third-order valence-corrected chi connectivity index (χ3v) is 5.18. The van der Waals surface area contributed by atoms with E-state index >= 15 is 0 Å². The molecule has 0 saturated heterocycles. The van der Waals surface area contributed by atoms with E-state index in [2.05, 4.69) is 15.3 Å². The van der Waals surface area contributed by atoms with Crippen molar-refractivity contribution >= 4 is 28.7 Å². The third-order valence-electron chi connectivity index (χ3n) is 4.21. The second-order valence-electron chi connectivity index (χ2n) is 6.61. The van der Waals surface area contributed by atoms with Crippen molar-refractivity contribution in [3.63, 3.8) is 0 Å². The number of aryl methyl sites for hydroxylation is 3. The molecule has 0 spiro atoms. The van der Waals surface area contributed by atoms with E-state index < -0.39 is 0 Å². The number of thiophene rings is 1. The fourth-order valence-corrected chi connectivity index (χ4v) is 3.90. The molecule has 0 aliphatic carbocycles. The first-order chi connectivity index (χ1) is 13.3. The summed E-state index contributed by atoms with van der Waals surface area (Å²) in [4.78, 5) is 45.3. The van der Waals surface area contributed by atoms with Crippen molar-refractivity contribution in [2.75, 3.05) is 5.32 Å². The molecule has 28 heavy (non-hydrogen) atoms. The minimum atomic E-state index is -0.235. The van der Waals surface area contributed by atoms with Crippen LogP contribution in [0.4, 0.5) is 5.69 Å². The van der Waals surface area contributed by atoms with Crippen molar-refractivity contribution < 1.29 is 9.59 Å². The number of benzene rings is 1. The molecule has 0 bridgehead atoms. The van der Waals surface area contributed by atoms with Gasteiger partial charge in [0.15, 0.2) is 5.78 Å². The van der Waals surface area contributed by atoms with Crippen LogP contribution in [0.2, 0.25) is 0 Å². The molecule has 3 rings (SSSR count). The van der Waals surface area contributed by atoms with Gasteiger partial charge >= 0.3 is 0 Å². The van der Waals surface area contributed by atoms with Crippen LogP contribution in [0.5, 0.6) is 0 Å². The molecule has 2 N–H and O–H groups in total. The van der Waals surface area contributed by atoms with Gasteiger partial charge in [0.2, 0.25) is 5.91 Å². The summed E-state index contributed by atoms with van der Waals surface area (Å²) in [6, 6.07) is 10.4. The molecule has 2 heterocycles. The quantitative estimate of drug-likeness (QED) is 0.617. The van der Waals surface area contributed by atoms with Gasteiger partial charge in [0.05, 0.1) is 0 Å². The van der Waals surface area contributed by atoms with E-state index in [0.29, 0.717) is 28.3 Å². The van der Waals surface area contributed by atoms with E-state index in [1.54, 1.807) is 42.5 Å². The lowest BCUT2D eigenvalue weighted by Crippen LogP contribution is -2.14. The maximum absolute atomic E-state index is 12.3. The zero-order chi connectivity index (χ0) is 20.3. The van der Waals surface area contributed by atoms with Crippen LogP contribution in [-0.4, -0.2) is 21.7 Å². The fourth-order valence-electron chi connectivity index (χ4n) is 2.95. The minimum Gasteiger partial charge on any atom is -0.326 e. The summed E-state index contributed by atoms with van der Waals surface area (Å²) in [5.41, 5.74) is 2.37. The number of amides is 1. The number of anilines is 1. The Morgan fingerprint density at radius 3 is 2.57 bits per heavy atom. The highest BCUT2D eigenvalue weighted by Crippen LogP contribution is 2.23. The predicted molar refractivity (Wildman–Crippen MR) is 111 cm³/mol. The average molecular weight is 395 g/mol. The Bertz CT molecular complexity index is 1100. The monoisotopic (exact) mass is 395 g/mol. The smallest absolute Gasteiger partial charge is 0.251 e. The molecule has 0 aliphatic rings. The summed E-state index contributed by atoms with van der Waals surface area (Å²) < 4.78 is 0. The number of aromatic amines is 1. The lowest BCUT2D eigenvalue weighted by atomic mass is 10.1. The summed E-state index contributed by atoms with van der Waals surface area (Å²) >= 11 is 1.58. The number of H-pyrrole nitrogens is 1. The zero-order valence-electron chi connectivity index (χ0n) is 16.0. The SMILES string of the molecule is Cc1cc(=O)[nH]c(-c2cccc(NC(=O)CCC(=O)c3cc(C)sc3C)c2)n1. The van der Waals surface area contributed by atoms with Crippen molar-refractivity contribution in [2.24, 2.45) is 0 Å². The molecular weight excluding hydrogens is 374 g/mol. The number of nitrogens with zero attached hydrogens (tertiary/aromatic N) is 1. The Morgan fingerprint density at radius 1 is 1.11 bits per heavy atom. The number of nitrogens with one attached hydrogen (secondary N) is 2. The number of rotatable bonds is 6. The molecule has 0 unspecified atom stereocenters. The van der Waals surface area contributed by atoms with Crippen LogP contribution >= 0.6 is 11.3 Å². The van der Waals surface area contributed by atoms with Crippen LogP contribution in [0.25, 0.3) is 11.4 Å². The molecule has 0 atom stereocenters. The number of carbonyl (C=O) groups is 2. The lowest BCUT2D eigenvalue weighted by molar-refractivity contribution is -0.116. The van der Waals surface area contributed by atoms with Gasteiger partial charge in [-0.2, -0.15) is 0 Å². The number of Topliss-reactive ketones (excluding diaryl/α,β-unsaturated/α-hetero) is 1. The van der Waals surface area contributed by atoms with Gasteiger partial charge in [-0.25, -0.2) is 4.98 Å². The summed E-state index contributed by atoms with van der Waals surface area (Å²) in [6.07, 6.45) is 0.270. The zero-order valence-corrected chi connectivity index (χ0v) is 16.8. The van der Waals surface area contributed by atoms with Crippen LogP contribution in [0.3, 0.4) is 0 Å². The standard InChI is InChI=1S/C21H21N3O3S/c1-12-9-20(27)24-21(22-12)15-5-4-6-16(11-15)23-19(26)8-7-18(25)17-10-13(2)28-14(17)3/h4-6,9-11H,7-8H2,1-3H3,(H,23,26)(H,22,24,27). The summed E-state index contributed by atoms with van der Waals surface area (Å²) in [5, 5.41) is 2.80. The molecule has 144 valence electrons. The number of aromatic nitrogens is 2. The predicted octanol–water partition coefficient (Wildman–Crippen LogP) is 4.03. The molecule has 0 radical (unpaired) electrons. The number of hydrogen-bond donors (Lipinski definition) is 2. The molecule has 0 fully saturated rings. The highest BCUT2D eigenvalue weighted by Gasteiger charge is 2.14. The minimum absolute atomic E-state index is 0.0210. The molecule has 7 heteroatoms. The Kier molecular flexibility index (Phi) is 5.84. The Balaban J connectivity index is 1.65. The largest absolute Gasteiger partial charge is 0.326 e. The van der Waals surface area contributed by atoms with Crippen molar-refractivity contribution in [1.82, 2.24) is 9.97 Å². The summed E-state index contributed by atoms with van der Waals surface area (Å²) in [7, 11) is 0. The van der Waals surface area contributed by atoms with Crippen molar-refractivity contribution in [1.29, 1.82) is 0 Å². The highest BCUT2D eigenvalue weighted by molar-refractivity contribution is 7.12. The number of hydrogen-bond acceptors (Lipinski definition) is 5. The molecule has 1 aromatic carbocycles. The van der Waals surface area contributed by atoms with Crippen molar-refractivity contribution in [3.05, 3.63) is 67.8 Å². The van der Waals surface area contributed by atoms with Crippen molar-refractivity contribution in [3.8, 4) is 11.4 Å². The van der Waals surface area contributed by atoms with Gasteiger partial charge < -0.3 is 10.3 Å². The Hall–Kier alpha value is -3.06. The van der Waals surface area contributed by atoms with Crippen LogP contribution in [-0.2, 0) is 4.79 Å². The average Bonchev–Trinajstić information content (AvgIpc) is 2.97. The first-order valence-corrected chi connectivity index (χ1v) is 9.72. The van der Waals surface area contributed by atoms with E-state index in [9.17, 15) is 14.4 Å². The number of carbonyl (C=O) groups excluding carboxylic acids is 2. The summed E-state index contributed by atoms with van der Waals surface area (Å²) in [6.45, 7) is 5.63. The normalized spacial score (nSPS) is 10.7. The van der Waals surface area contributed by atoms with Crippen molar-refractivity contribution in [2.45, 2.75) is 33.6 Å².